The first-order chi connectivity index (χ1) is 10.0. The number of nitrogens with one attached hydrogen (secondary N) is 1. The molecule has 0 aliphatic heterocycles. The summed E-state index contributed by atoms with van der Waals surface area (Å²) in [5, 5.41) is 12.4. The molecule has 2 rings (SSSR count). The lowest BCUT2D eigenvalue weighted by molar-refractivity contribution is 0.0915. The van der Waals surface area contributed by atoms with Gasteiger partial charge in [-0.1, -0.05) is 30.3 Å². The Labute approximate surface area is 164 Å². The normalized spacial score (nSPS) is 12.0. The zero-order valence-corrected chi connectivity index (χ0v) is 17.3. The third-order valence-corrected chi connectivity index (χ3v) is 6.60. The van der Waals surface area contributed by atoms with Gasteiger partial charge in [-0.3, -0.25) is 4.79 Å². The monoisotopic (exact) mass is 619 g/mol. The average molecular weight is 619 g/mol. The third-order valence-electron chi connectivity index (χ3n) is 2.93. The molecule has 0 bridgehead atoms. The second kappa shape index (κ2) is 8.06. The van der Waals surface area contributed by atoms with Gasteiger partial charge in [0.25, 0.3) is 5.91 Å². The van der Waals surface area contributed by atoms with Gasteiger partial charge in [-0.05, 0) is 85.5 Å². The van der Waals surface area contributed by atoms with Gasteiger partial charge in [0, 0.05) is 10.7 Å². The highest BCUT2D eigenvalue weighted by atomic mass is 127. The van der Waals surface area contributed by atoms with Crippen LogP contribution in [0.2, 0.25) is 0 Å². The zero-order valence-electron chi connectivity index (χ0n) is 10.8. The molecule has 0 aliphatic carbocycles. The van der Waals surface area contributed by atoms with Crippen LogP contribution in [0.3, 0.4) is 0 Å². The van der Waals surface area contributed by atoms with Gasteiger partial charge in [0.2, 0.25) is 0 Å². The molecule has 0 saturated carbocycles. The standard InChI is InChI=1S/C15H12I3NO2/c16-10-6-11(14(18)12(17)7-10)15(21)19-13(8-20)9-4-2-1-3-5-9/h1-7,13,20H,8H2,(H,19,21). The Morgan fingerprint density at radius 1 is 1.14 bits per heavy atom. The molecule has 0 aromatic heterocycles. The lowest BCUT2D eigenvalue weighted by Gasteiger charge is -2.17. The molecule has 0 spiro atoms. The summed E-state index contributed by atoms with van der Waals surface area (Å²) in [6.07, 6.45) is 0. The van der Waals surface area contributed by atoms with E-state index in [1.165, 1.54) is 0 Å². The van der Waals surface area contributed by atoms with Gasteiger partial charge in [0.15, 0.2) is 0 Å². The smallest absolute Gasteiger partial charge is 0.252 e. The molecule has 1 unspecified atom stereocenters. The lowest BCUT2D eigenvalue weighted by atomic mass is 10.1. The summed E-state index contributed by atoms with van der Waals surface area (Å²) >= 11 is 6.60. The Kier molecular flexibility index (Phi) is 6.69. The van der Waals surface area contributed by atoms with Crippen LogP contribution in [0.15, 0.2) is 42.5 Å². The number of benzene rings is 2. The minimum absolute atomic E-state index is 0.132. The van der Waals surface area contributed by atoms with E-state index in [2.05, 4.69) is 73.1 Å². The van der Waals surface area contributed by atoms with E-state index in [4.69, 9.17) is 0 Å². The number of aliphatic hydroxyl groups is 1. The molecule has 0 heterocycles. The van der Waals surface area contributed by atoms with Gasteiger partial charge in [-0.25, -0.2) is 0 Å². The van der Waals surface area contributed by atoms with Gasteiger partial charge in [-0.15, -0.1) is 0 Å². The van der Waals surface area contributed by atoms with Crippen LogP contribution in [0, 0.1) is 10.7 Å². The fourth-order valence-electron chi connectivity index (χ4n) is 1.88. The molecule has 6 heteroatoms. The van der Waals surface area contributed by atoms with E-state index in [0.717, 1.165) is 16.3 Å². The van der Waals surface area contributed by atoms with Crippen molar-refractivity contribution in [2.75, 3.05) is 6.61 Å². The second-order valence-electron chi connectivity index (χ2n) is 4.37. The predicted octanol–water partition coefficient (Wildman–Crippen LogP) is 3.96. The number of carbonyl (C=O) groups excluding carboxylic acids is 1. The van der Waals surface area contributed by atoms with Crippen LogP contribution in [-0.4, -0.2) is 17.6 Å². The summed E-state index contributed by atoms with van der Waals surface area (Å²) in [4.78, 5) is 12.5. The SMILES string of the molecule is O=C(NC(CO)c1ccccc1)c1cc(I)cc(I)c1I. The van der Waals surface area contributed by atoms with Crippen molar-refractivity contribution in [1.29, 1.82) is 0 Å². The Morgan fingerprint density at radius 3 is 2.43 bits per heavy atom. The molecule has 0 saturated heterocycles. The summed E-state index contributed by atoms with van der Waals surface area (Å²) in [6.45, 7) is -0.132. The van der Waals surface area contributed by atoms with Crippen LogP contribution in [0.4, 0.5) is 0 Å². The molecular weight excluding hydrogens is 607 g/mol. The maximum absolute atomic E-state index is 12.5. The van der Waals surface area contributed by atoms with Crippen LogP contribution < -0.4 is 5.32 Å². The summed E-state index contributed by atoms with van der Waals surface area (Å²) in [5.41, 5.74) is 1.53. The van der Waals surface area contributed by atoms with Gasteiger partial charge in [0.1, 0.15) is 0 Å². The number of hydrogen-bond acceptors (Lipinski definition) is 2. The van der Waals surface area contributed by atoms with E-state index in [0.29, 0.717) is 5.56 Å². The van der Waals surface area contributed by atoms with E-state index in [1.807, 2.05) is 42.5 Å². The largest absolute Gasteiger partial charge is 0.394 e. The first-order valence-electron chi connectivity index (χ1n) is 6.14. The van der Waals surface area contributed by atoms with Crippen molar-refractivity contribution in [3.63, 3.8) is 0 Å². The first kappa shape index (κ1) is 17.4. The topological polar surface area (TPSA) is 49.3 Å². The second-order valence-corrected chi connectivity index (χ2v) is 7.86. The molecule has 0 radical (unpaired) electrons. The Bertz CT molecular complexity index is 647. The highest BCUT2D eigenvalue weighted by Gasteiger charge is 2.18. The minimum atomic E-state index is -0.398. The number of halogens is 3. The fraction of sp³-hybridized carbons (Fsp3) is 0.133. The average Bonchev–Trinajstić information content (AvgIpc) is 2.49. The first-order valence-corrected chi connectivity index (χ1v) is 9.37. The number of aliphatic hydroxyl groups excluding tert-OH is 1. The Morgan fingerprint density at radius 2 is 1.81 bits per heavy atom. The van der Waals surface area contributed by atoms with Crippen molar-refractivity contribution >= 4 is 73.7 Å². The Balaban J connectivity index is 2.25. The van der Waals surface area contributed by atoms with Gasteiger partial charge in [0.05, 0.1) is 18.2 Å². The molecule has 21 heavy (non-hydrogen) atoms. The summed E-state index contributed by atoms with van der Waals surface area (Å²) in [6, 6.07) is 13.0. The lowest BCUT2D eigenvalue weighted by Crippen LogP contribution is -2.31. The number of hydrogen-bond donors (Lipinski definition) is 2. The quantitative estimate of drug-likeness (QED) is 0.403. The molecule has 110 valence electrons. The van der Waals surface area contributed by atoms with E-state index in [-0.39, 0.29) is 12.5 Å². The van der Waals surface area contributed by atoms with E-state index in [1.54, 1.807) is 0 Å². The maximum Gasteiger partial charge on any atom is 0.252 e. The molecule has 1 atom stereocenters. The molecule has 2 N–H and O–H groups in total. The van der Waals surface area contributed by atoms with Crippen molar-refractivity contribution in [3.8, 4) is 0 Å². The van der Waals surface area contributed by atoms with Gasteiger partial charge >= 0.3 is 0 Å². The van der Waals surface area contributed by atoms with Crippen LogP contribution in [0.5, 0.6) is 0 Å². The molecule has 2 aromatic rings. The van der Waals surface area contributed by atoms with Crippen molar-refractivity contribution in [2.45, 2.75) is 6.04 Å². The molecule has 0 fully saturated rings. The third kappa shape index (κ3) is 4.52. The van der Waals surface area contributed by atoms with E-state index in [9.17, 15) is 9.90 Å². The van der Waals surface area contributed by atoms with E-state index < -0.39 is 6.04 Å². The predicted molar refractivity (Wildman–Crippen MR) is 108 cm³/mol. The summed E-state index contributed by atoms with van der Waals surface area (Å²) < 4.78 is 2.99. The molecule has 1 amide bonds. The highest BCUT2D eigenvalue weighted by Crippen LogP contribution is 2.23. The van der Waals surface area contributed by atoms with Crippen molar-refractivity contribution in [2.24, 2.45) is 0 Å². The zero-order chi connectivity index (χ0) is 15.4. The fourth-order valence-corrected chi connectivity index (χ4v) is 4.28. The minimum Gasteiger partial charge on any atom is -0.394 e. The van der Waals surface area contributed by atoms with Crippen molar-refractivity contribution < 1.29 is 9.90 Å². The van der Waals surface area contributed by atoms with Crippen LogP contribution >= 0.6 is 67.8 Å². The molecular formula is C15H12I3NO2. The van der Waals surface area contributed by atoms with Crippen LogP contribution in [-0.2, 0) is 0 Å². The number of amides is 1. The van der Waals surface area contributed by atoms with Crippen molar-refractivity contribution in [1.82, 2.24) is 5.32 Å². The molecule has 3 nitrogen and oxygen atoms in total. The summed E-state index contributed by atoms with van der Waals surface area (Å²) in [7, 11) is 0. The Hall–Kier alpha value is 0.0600. The van der Waals surface area contributed by atoms with Crippen molar-refractivity contribution in [3.05, 3.63) is 64.3 Å². The number of rotatable bonds is 4. The number of carbonyl (C=O) groups is 1. The highest BCUT2D eigenvalue weighted by molar-refractivity contribution is 14.1. The molecule has 2 aromatic carbocycles. The van der Waals surface area contributed by atoms with Gasteiger partial charge < -0.3 is 10.4 Å². The molecule has 0 aliphatic rings. The van der Waals surface area contributed by atoms with Gasteiger partial charge in [-0.2, -0.15) is 0 Å². The van der Waals surface area contributed by atoms with Crippen LogP contribution in [0.25, 0.3) is 0 Å². The van der Waals surface area contributed by atoms with Crippen LogP contribution in [0.1, 0.15) is 22.0 Å². The summed E-state index contributed by atoms with van der Waals surface area (Å²) in [5.74, 6) is -0.168. The maximum atomic E-state index is 12.5. The van der Waals surface area contributed by atoms with E-state index >= 15 is 0 Å².